The molecule has 1 atom stereocenters. The molecule has 1 aliphatic rings. The first-order valence-corrected chi connectivity index (χ1v) is 13.0. The van der Waals surface area contributed by atoms with Gasteiger partial charge in [0.05, 0.1) is 15.9 Å². The number of ether oxygens (including phenoxy) is 2. The second-order valence-electron chi connectivity index (χ2n) is 8.33. The van der Waals surface area contributed by atoms with Crippen LogP contribution in [0.25, 0.3) is 0 Å². The van der Waals surface area contributed by atoms with E-state index in [0.717, 1.165) is 11.1 Å². The molecule has 1 aromatic heterocycles. The predicted molar refractivity (Wildman–Crippen MR) is 139 cm³/mol. The van der Waals surface area contributed by atoms with Crippen LogP contribution in [0.3, 0.4) is 0 Å². The van der Waals surface area contributed by atoms with E-state index in [1.165, 1.54) is 15.9 Å². The molecule has 0 spiro atoms. The van der Waals surface area contributed by atoms with Crippen LogP contribution in [0, 0.1) is 3.95 Å². The fourth-order valence-electron chi connectivity index (χ4n) is 4.06. The molecular formula is C25H25ClN2O6S2. The van der Waals surface area contributed by atoms with Crippen molar-refractivity contribution in [1.29, 1.82) is 0 Å². The number of carboxylic acid groups (broad SMARTS) is 1. The van der Waals surface area contributed by atoms with Crippen molar-refractivity contribution in [3.05, 3.63) is 67.4 Å². The van der Waals surface area contributed by atoms with Crippen molar-refractivity contribution >= 4 is 47.2 Å². The molecule has 36 heavy (non-hydrogen) atoms. The number of aliphatic carboxylic acids is 1. The zero-order valence-electron chi connectivity index (χ0n) is 19.5. The Labute approximate surface area is 222 Å². The molecule has 0 saturated carbocycles. The minimum Gasteiger partial charge on any atom is -0.494 e. The third-order valence-electron chi connectivity index (χ3n) is 5.90. The van der Waals surface area contributed by atoms with Gasteiger partial charge < -0.3 is 24.6 Å². The second-order valence-corrected chi connectivity index (χ2v) is 10.5. The normalized spacial score (nSPS) is 15.2. The quantitative estimate of drug-likeness (QED) is 0.314. The predicted octanol–water partition coefficient (Wildman–Crippen LogP) is 5.68. The van der Waals surface area contributed by atoms with Gasteiger partial charge in [-0.1, -0.05) is 29.8 Å². The highest BCUT2D eigenvalue weighted by Crippen LogP contribution is 2.32. The molecule has 0 radical (unpaired) electrons. The smallest absolute Gasteiger partial charge is 0.410 e. The minimum absolute atomic E-state index is 0.0346. The minimum atomic E-state index is -1.06. The van der Waals surface area contributed by atoms with Crippen molar-refractivity contribution in [2.24, 2.45) is 0 Å². The van der Waals surface area contributed by atoms with Crippen molar-refractivity contribution < 1.29 is 29.3 Å². The highest BCUT2D eigenvalue weighted by Gasteiger charge is 2.31. The maximum absolute atomic E-state index is 11.7. The van der Waals surface area contributed by atoms with Crippen molar-refractivity contribution in [3.8, 4) is 17.4 Å². The Morgan fingerprint density at radius 1 is 1.22 bits per heavy atom. The van der Waals surface area contributed by atoms with E-state index in [0.29, 0.717) is 57.8 Å². The number of hydrogen-bond acceptors (Lipinski definition) is 7. The number of aryl methyl sites for hydroxylation is 2. The Morgan fingerprint density at radius 2 is 1.94 bits per heavy atom. The number of halogens is 1. The molecule has 1 unspecified atom stereocenters. The Morgan fingerprint density at radius 3 is 2.61 bits per heavy atom. The first-order chi connectivity index (χ1) is 17.2. The first-order valence-electron chi connectivity index (χ1n) is 11.4. The Bertz CT molecular complexity index is 1320. The van der Waals surface area contributed by atoms with E-state index in [1.807, 2.05) is 43.3 Å². The molecule has 4 rings (SSSR count). The molecule has 0 bridgehead atoms. The van der Waals surface area contributed by atoms with Crippen LogP contribution in [-0.2, 0) is 35.3 Å². The summed E-state index contributed by atoms with van der Waals surface area (Å²) in [6, 6.07) is 13.2. The van der Waals surface area contributed by atoms with E-state index in [4.69, 9.17) is 38.4 Å². The summed E-state index contributed by atoms with van der Waals surface area (Å²) in [7, 11) is 0. The van der Waals surface area contributed by atoms with Gasteiger partial charge in [-0.2, -0.15) is 0 Å². The van der Waals surface area contributed by atoms with Crippen LogP contribution < -0.4 is 4.74 Å². The summed E-state index contributed by atoms with van der Waals surface area (Å²) in [5.41, 5.74) is 2.02. The first kappa shape index (κ1) is 26.0. The third kappa shape index (κ3) is 6.00. The molecule has 3 aromatic rings. The number of rotatable bonds is 10. The van der Waals surface area contributed by atoms with Crippen LogP contribution in [0.2, 0.25) is 5.02 Å². The highest BCUT2D eigenvalue weighted by molar-refractivity contribution is 7.73. The Kier molecular flexibility index (Phi) is 8.17. The summed E-state index contributed by atoms with van der Waals surface area (Å²) in [6.45, 7) is 2.58. The molecule has 1 fully saturated rings. The van der Waals surface area contributed by atoms with Crippen molar-refractivity contribution in [3.63, 3.8) is 0 Å². The zero-order chi connectivity index (χ0) is 25.8. The Hall–Kier alpha value is -3.08. The van der Waals surface area contributed by atoms with Gasteiger partial charge in [-0.25, -0.2) is 4.79 Å². The lowest BCUT2D eigenvalue weighted by molar-refractivity contribution is -0.137. The fourth-order valence-corrected chi connectivity index (χ4v) is 5.63. The maximum atomic E-state index is 11.7. The summed E-state index contributed by atoms with van der Waals surface area (Å²) in [6.07, 6.45) is 1.53. The number of thiazole rings is 1. The Balaban J connectivity index is 1.36. The second kappa shape index (κ2) is 11.3. The van der Waals surface area contributed by atoms with Crippen molar-refractivity contribution in [1.82, 2.24) is 9.47 Å². The number of aromatic hydroxyl groups is 1. The van der Waals surface area contributed by atoms with E-state index >= 15 is 0 Å². The number of nitrogens with zero attached hydrogens (tertiary/aromatic N) is 2. The van der Waals surface area contributed by atoms with Crippen LogP contribution in [-0.4, -0.2) is 50.9 Å². The van der Waals surface area contributed by atoms with E-state index in [-0.39, 0.29) is 24.6 Å². The van der Waals surface area contributed by atoms with Crippen molar-refractivity contribution in [2.45, 2.75) is 38.8 Å². The van der Waals surface area contributed by atoms with Gasteiger partial charge in [0.25, 0.3) is 0 Å². The summed E-state index contributed by atoms with van der Waals surface area (Å²) in [5, 5.41) is 19.7. The largest absolute Gasteiger partial charge is 0.494 e. The number of benzene rings is 2. The van der Waals surface area contributed by atoms with Crippen LogP contribution in [0.5, 0.6) is 17.4 Å². The van der Waals surface area contributed by atoms with E-state index < -0.39 is 5.97 Å². The molecule has 1 aliphatic heterocycles. The number of hydrogen-bond donors (Lipinski definition) is 2. The number of aromatic nitrogens is 1. The summed E-state index contributed by atoms with van der Waals surface area (Å²) in [4.78, 5) is 25.1. The van der Waals surface area contributed by atoms with Gasteiger partial charge in [-0.3, -0.25) is 9.36 Å². The third-order valence-corrected chi connectivity index (χ3v) is 7.70. The molecule has 0 aliphatic carbocycles. The lowest BCUT2D eigenvalue weighted by Gasteiger charge is -2.19. The molecule has 2 N–H and O–H groups in total. The average Bonchev–Trinajstić information content (AvgIpc) is 3.33. The molecular weight excluding hydrogens is 524 g/mol. The lowest BCUT2D eigenvalue weighted by atomic mass is 10.1. The van der Waals surface area contributed by atoms with Gasteiger partial charge in [0.1, 0.15) is 24.7 Å². The number of carboxylic acids is 1. The topological polar surface area (TPSA) is 101 Å². The molecule has 2 heterocycles. The standard InChI is InChI=1S/C25H25ClN2O6S2/c1-2-27-17(14-33-24(27)32)11-15-3-7-18(8-4-15)34-20-9-5-16(12-19(20)26)6-10-21-23(31)28(13-22(29)30)25(35)36-21/h3-5,7-9,12,17,31H,2,6,10-11,13-14H2,1H3,(H,29,30). The summed E-state index contributed by atoms with van der Waals surface area (Å²) < 4.78 is 12.6. The van der Waals surface area contributed by atoms with Crippen LogP contribution in [0.15, 0.2) is 42.5 Å². The number of amides is 1. The summed E-state index contributed by atoms with van der Waals surface area (Å²) >= 11 is 12.8. The highest BCUT2D eigenvalue weighted by atomic mass is 35.5. The number of likely N-dealkylation sites (N-methyl/N-ethyl adjacent to an activating group) is 1. The SMILES string of the molecule is CCN1C(=O)OCC1Cc1ccc(Oc2ccc(CCc3sc(=S)n(CC(=O)O)c3O)cc2Cl)cc1. The van der Waals surface area contributed by atoms with Gasteiger partial charge in [0.2, 0.25) is 5.88 Å². The van der Waals surface area contributed by atoms with E-state index in [9.17, 15) is 14.7 Å². The lowest BCUT2D eigenvalue weighted by Crippen LogP contribution is -2.34. The van der Waals surface area contributed by atoms with Gasteiger partial charge >= 0.3 is 12.1 Å². The zero-order valence-corrected chi connectivity index (χ0v) is 21.9. The van der Waals surface area contributed by atoms with Crippen LogP contribution in [0.4, 0.5) is 4.79 Å². The molecule has 11 heteroatoms. The fraction of sp³-hybridized carbons (Fsp3) is 0.320. The molecule has 1 saturated heterocycles. The number of carbonyl (C=O) groups excluding carboxylic acids is 1. The van der Waals surface area contributed by atoms with E-state index in [1.54, 1.807) is 11.0 Å². The molecule has 1 amide bonds. The van der Waals surface area contributed by atoms with Crippen molar-refractivity contribution in [2.75, 3.05) is 13.2 Å². The van der Waals surface area contributed by atoms with Gasteiger partial charge in [0, 0.05) is 6.54 Å². The molecule has 190 valence electrons. The maximum Gasteiger partial charge on any atom is 0.410 e. The molecule has 8 nitrogen and oxygen atoms in total. The van der Waals surface area contributed by atoms with Gasteiger partial charge in [-0.15, -0.1) is 11.3 Å². The van der Waals surface area contributed by atoms with E-state index in [2.05, 4.69) is 0 Å². The van der Waals surface area contributed by atoms with Crippen LogP contribution in [0.1, 0.15) is 22.9 Å². The van der Waals surface area contributed by atoms with Gasteiger partial charge in [-0.05, 0) is 73.8 Å². The number of carbonyl (C=O) groups is 2. The molecule has 2 aromatic carbocycles. The number of cyclic esters (lactones) is 1. The summed E-state index contributed by atoms with van der Waals surface area (Å²) in [5.74, 6) is -0.00245. The monoisotopic (exact) mass is 548 g/mol. The van der Waals surface area contributed by atoms with Gasteiger partial charge in [0.15, 0.2) is 3.95 Å². The average molecular weight is 549 g/mol. The van der Waals surface area contributed by atoms with Crippen LogP contribution >= 0.6 is 35.2 Å².